The number of nitrogens with one attached hydrogen (secondary N) is 1. The van der Waals surface area contributed by atoms with Crippen LogP contribution in [0, 0.1) is 0 Å². The lowest BCUT2D eigenvalue weighted by Crippen LogP contribution is -2.20. The maximum atomic E-state index is 6.03. The second kappa shape index (κ2) is 7.35. The number of ether oxygens (including phenoxy) is 2. The Morgan fingerprint density at radius 1 is 1.47 bits per heavy atom. The highest BCUT2D eigenvalue weighted by atomic mass is 35.5. The Morgan fingerprint density at radius 3 is 2.88 bits per heavy atom. The number of hydrogen-bond donors (Lipinski definition) is 1. The van der Waals surface area contributed by atoms with Crippen molar-refractivity contribution in [1.82, 2.24) is 4.98 Å². The fraction of sp³-hybridized carbons (Fsp3) is 0.583. The second-order valence-electron chi connectivity index (χ2n) is 3.95. The van der Waals surface area contributed by atoms with Crippen LogP contribution < -0.4 is 10.1 Å². The lowest BCUT2D eigenvalue weighted by molar-refractivity contribution is 0.200. The van der Waals surface area contributed by atoms with Gasteiger partial charge in [-0.2, -0.15) is 0 Å². The first-order chi connectivity index (χ1) is 8.13. The first-order valence-electron chi connectivity index (χ1n) is 5.62. The first-order valence-corrected chi connectivity index (χ1v) is 6.05. The number of aromatic nitrogens is 1. The highest BCUT2D eigenvalue weighted by Gasteiger charge is 2.08. The van der Waals surface area contributed by atoms with Crippen LogP contribution in [0.3, 0.4) is 0 Å². The smallest absolute Gasteiger partial charge is 0.168 e. The molecule has 1 aromatic heterocycles. The van der Waals surface area contributed by atoms with E-state index in [1.165, 1.54) is 0 Å². The van der Waals surface area contributed by atoms with Crippen LogP contribution in [-0.2, 0) is 4.74 Å². The highest BCUT2D eigenvalue weighted by molar-refractivity contribution is 6.21. The molecule has 0 bridgehead atoms. The zero-order valence-electron chi connectivity index (χ0n) is 10.4. The molecule has 0 aromatic carbocycles. The quantitative estimate of drug-likeness (QED) is 0.764. The van der Waals surface area contributed by atoms with E-state index in [9.17, 15) is 0 Å². The van der Waals surface area contributed by atoms with Gasteiger partial charge in [0.05, 0.1) is 18.1 Å². The second-order valence-corrected chi connectivity index (χ2v) is 4.57. The molecule has 0 saturated carbocycles. The third kappa shape index (κ3) is 5.24. The molecular weight excluding hydrogens is 240 g/mol. The third-order valence-electron chi connectivity index (χ3n) is 1.97. The molecule has 0 aliphatic heterocycles. The van der Waals surface area contributed by atoms with Crippen molar-refractivity contribution in [3.63, 3.8) is 0 Å². The van der Waals surface area contributed by atoms with Crippen molar-refractivity contribution in [2.24, 2.45) is 0 Å². The topological polar surface area (TPSA) is 43.4 Å². The Morgan fingerprint density at radius 2 is 2.24 bits per heavy atom. The molecule has 1 aromatic rings. The maximum Gasteiger partial charge on any atom is 0.168 e. The van der Waals surface area contributed by atoms with E-state index in [0.717, 1.165) is 5.75 Å². The molecule has 0 aliphatic carbocycles. The number of alkyl halides is 1. The van der Waals surface area contributed by atoms with Gasteiger partial charge in [-0.05, 0) is 26.0 Å². The summed E-state index contributed by atoms with van der Waals surface area (Å²) < 4.78 is 10.6. The molecule has 5 heteroatoms. The maximum absolute atomic E-state index is 6.03. The SMILES string of the molecule is COCC(Cl)CNc1ncccc1OC(C)C. The van der Waals surface area contributed by atoms with Crippen LogP contribution in [0.15, 0.2) is 18.3 Å². The van der Waals surface area contributed by atoms with Crippen molar-refractivity contribution in [3.8, 4) is 5.75 Å². The lowest BCUT2D eigenvalue weighted by Gasteiger charge is -2.15. The van der Waals surface area contributed by atoms with E-state index in [-0.39, 0.29) is 11.5 Å². The van der Waals surface area contributed by atoms with E-state index >= 15 is 0 Å². The van der Waals surface area contributed by atoms with Crippen molar-refractivity contribution < 1.29 is 9.47 Å². The predicted octanol–water partition coefficient (Wildman–Crippen LogP) is 2.53. The normalized spacial score (nSPS) is 12.5. The summed E-state index contributed by atoms with van der Waals surface area (Å²) in [5.41, 5.74) is 0. The molecule has 4 nitrogen and oxygen atoms in total. The molecule has 1 N–H and O–H groups in total. The van der Waals surface area contributed by atoms with Gasteiger partial charge in [-0.25, -0.2) is 4.98 Å². The molecule has 96 valence electrons. The standard InChI is InChI=1S/C12H19ClN2O2/c1-9(2)17-11-5-4-6-14-12(11)15-7-10(13)8-16-3/h4-6,9-10H,7-8H2,1-3H3,(H,14,15). The molecule has 17 heavy (non-hydrogen) atoms. The molecule has 0 saturated heterocycles. The van der Waals surface area contributed by atoms with Crippen LogP contribution in [0.4, 0.5) is 5.82 Å². The highest BCUT2D eigenvalue weighted by Crippen LogP contribution is 2.22. The van der Waals surface area contributed by atoms with Gasteiger partial charge in [-0.15, -0.1) is 11.6 Å². The number of anilines is 1. The summed E-state index contributed by atoms with van der Waals surface area (Å²) in [6.45, 7) is 5.04. The summed E-state index contributed by atoms with van der Waals surface area (Å²) in [6, 6.07) is 3.73. The van der Waals surface area contributed by atoms with Crippen molar-refractivity contribution in [2.75, 3.05) is 25.6 Å². The van der Waals surface area contributed by atoms with Gasteiger partial charge in [-0.3, -0.25) is 0 Å². The Bertz CT molecular complexity index is 334. The summed E-state index contributed by atoms with van der Waals surface area (Å²) in [7, 11) is 1.63. The number of methoxy groups -OCH3 is 1. The number of pyridine rings is 1. The summed E-state index contributed by atoms with van der Waals surface area (Å²) in [5, 5.41) is 3.07. The van der Waals surface area contributed by atoms with Crippen molar-refractivity contribution in [2.45, 2.75) is 25.3 Å². The summed E-state index contributed by atoms with van der Waals surface area (Å²) in [4.78, 5) is 4.23. The van der Waals surface area contributed by atoms with Crippen molar-refractivity contribution in [3.05, 3.63) is 18.3 Å². The number of hydrogen-bond acceptors (Lipinski definition) is 4. The van der Waals surface area contributed by atoms with E-state index in [4.69, 9.17) is 21.1 Å². The van der Waals surface area contributed by atoms with Crippen LogP contribution in [-0.4, -0.2) is 36.7 Å². The molecule has 1 heterocycles. The fourth-order valence-corrected chi connectivity index (χ4v) is 1.52. The average molecular weight is 259 g/mol. The molecule has 0 radical (unpaired) electrons. The monoisotopic (exact) mass is 258 g/mol. The Balaban J connectivity index is 2.57. The van der Waals surface area contributed by atoms with Gasteiger partial charge in [0, 0.05) is 19.9 Å². The molecule has 1 atom stereocenters. The summed E-state index contributed by atoms with van der Waals surface area (Å²) in [5.74, 6) is 1.45. The van der Waals surface area contributed by atoms with Gasteiger partial charge in [0.25, 0.3) is 0 Å². The predicted molar refractivity (Wildman–Crippen MR) is 70.0 cm³/mol. The molecule has 0 aliphatic rings. The number of rotatable bonds is 7. The van der Waals surface area contributed by atoms with Gasteiger partial charge in [0.1, 0.15) is 0 Å². The minimum absolute atomic E-state index is 0.0890. The van der Waals surface area contributed by atoms with Crippen molar-refractivity contribution in [1.29, 1.82) is 0 Å². The summed E-state index contributed by atoms with van der Waals surface area (Å²) in [6.07, 6.45) is 1.83. The van der Waals surface area contributed by atoms with Gasteiger partial charge >= 0.3 is 0 Å². The van der Waals surface area contributed by atoms with Crippen LogP contribution in [0.2, 0.25) is 0 Å². The zero-order valence-corrected chi connectivity index (χ0v) is 11.2. The van der Waals surface area contributed by atoms with Crippen LogP contribution >= 0.6 is 11.6 Å². The van der Waals surface area contributed by atoms with E-state index in [1.54, 1.807) is 13.3 Å². The molecule has 1 unspecified atom stereocenters. The Labute approximate surface area is 107 Å². The van der Waals surface area contributed by atoms with Crippen molar-refractivity contribution >= 4 is 17.4 Å². The minimum atomic E-state index is -0.0890. The van der Waals surface area contributed by atoms with Gasteiger partial charge in [0.15, 0.2) is 11.6 Å². The van der Waals surface area contributed by atoms with Gasteiger partial charge < -0.3 is 14.8 Å². The van der Waals surface area contributed by atoms with E-state index in [2.05, 4.69) is 10.3 Å². The fourth-order valence-electron chi connectivity index (χ4n) is 1.32. The first kappa shape index (κ1) is 14.1. The van der Waals surface area contributed by atoms with Crippen LogP contribution in [0.5, 0.6) is 5.75 Å². The van der Waals surface area contributed by atoms with Crippen LogP contribution in [0.25, 0.3) is 0 Å². The number of nitrogens with zero attached hydrogens (tertiary/aromatic N) is 1. The summed E-state index contributed by atoms with van der Waals surface area (Å²) >= 11 is 6.03. The Hall–Kier alpha value is -1.00. The molecular formula is C12H19ClN2O2. The number of halogens is 1. The Kier molecular flexibility index (Phi) is 6.08. The largest absolute Gasteiger partial charge is 0.487 e. The average Bonchev–Trinajstić information content (AvgIpc) is 2.27. The minimum Gasteiger partial charge on any atom is -0.487 e. The zero-order chi connectivity index (χ0) is 12.7. The van der Waals surface area contributed by atoms with E-state index < -0.39 is 0 Å². The van der Waals surface area contributed by atoms with Gasteiger partial charge in [0.2, 0.25) is 0 Å². The lowest BCUT2D eigenvalue weighted by atomic mass is 10.3. The third-order valence-corrected chi connectivity index (χ3v) is 2.25. The molecule has 0 amide bonds. The van der Waals surface area contributed by atoms with Gasteiger partial charge in [-0.1, -0.05) is 0 Å². The molecule has 1 rings (SSSR count). The van der Waals surface area contributed by atoms with E-state index in [1.807, 2.05) is 26.0 Å². The van der Waals surface area contributed by atoms with Crippen LogP contribution in [0.1, 0.15) is 13.8 Å². The molecule has 0 fully saturated rings. The molecule has 0 spiro atoms. The van der Waals surface area contributed by atoms with E-state index in [0.29, 0.717) is 19.0 Å².